The van der Waals surface area contributed by atoms with Crippen molar-refractivity contribution in [2.75, 3.05) is 44.3 Å². The Hall–Kier alpha value is -1.54. The first kappa shape index (κ1) is 23.5. The van der Waals surface area contributed by atoms with E-state index >= 15 is 0 Å². The van der Waals surface area contributed by atoms with Crippen LogP contribution in [-0.2, 0) is 4.74 Å². The number of carboxylic acids is 1. The quantitative estimate of drug-likeness (QED) is 0.372. The van der Waals surface area contributed by atoms with Gasteiger partial charge in [-0.15, -0.1) is 24.8 Å². The van der Waals surface area contributed by atoms with E-state index in [4.69, 9.17) is 21.0 Å². The molecule has 7 nitrogen and oxygen atoms in total. The molecule has 2 rings (SSSR count). The molecule has 1 aliphatic rings. The van der Waals surface area contributed by atoms with Crippen molar-refractivity contribution in [1.82, 2.24) is 4.90 Å². The molecule has 0 bridgehead atoms. The van der Waals surface area contributed by atoms with Crippen molar-refractivity contribution in [2.45, 2.75) is 12.8 Å². The van der Waals surface area contributed by atoms with Crippen LogP contribution in [0.1, 0.15) is 23.2 Å². The molecule has 0 aliphatic carbocycles. The molecular weight excluding hydrogens is 367 g/mol. The van der Waals surface area contributed by atoms with Gasteiger partial charge in [0.15, 0.2) is 5.96 Å². The van der Waals surface area contributed by atoms with Gasteiger partial charge in [0.2, 0.25) is 0 Å². The van der Waals surface area contributed by atoms with E-state index < -0.39 is 5.97 Å². The molecule has 4 N–H and O–H groups in total. The number of guanidine groups is 1. The van der Waals surface area contributed by atoms with Crippen LogP contribution in [0.4, 0.5) is 5.69 Å². The Bertz CT molecular complexity index is 537. The van der Waals surface area contributed by atoms with Gasteiger partial charge in [-0.2, -0.15) is 0 Å². The lowest BCUT2D eigenvalue weighted by Crippen LogP contribution is -2.39. The lowest BCUT2D eigenvalue weighted by Gasteiger charge is -2.27. The largest absolute Gasteiger partial charge is 0.478 e. The van der Waals surface area contributed by atoms with Crippen LogP contribution < -0.4 is 10.6 Å². The van der Waals surface area contributed by atoms with Crippen LogP contribution >= 0.6 is 24.8 Å². The van der Waals surface area contributed by atoms with Crippen LogP contribution in [0.15, 0.2) is 24.3 Å². The number of carbonyl (C=O) groups is 1. The molecule has 0 unspecified atom stereocenters. The first-order valence-corrected chi connectivity index (χ1v) is 7.83. The number of anilines is 1. The van der Waals surface area contributed by atoms with Crippen LogP contribution in [-0.4, -0.2) is 61.3 Å². The van der Waals surface area contributed by atoms with Gasteiger partial charge >= 0.3 is 5.97 Å². The molecule has 0 amide bonds. The summed E-state index contributed by atoms with van der Waals surface area (Å²) in [4.78, 5) is 15.0. The molecule has 0 aromatic heterocycles. The average molecular weight is 393 g/mol. The van der Waals surface area contributed by atoms with Gasteiger partial charge in [0.05, 0.1) is 18.8 Å². The maximum atomic E-state index is 10.9. The molecule has 25 heavy (non-hydrogen) atoms. The van der Waals surface area contributed by atoms with E-state index in [2.05, 4.69) is 4.90 Å². The van der Waals surface area contributed by atoms with Crippen molar-refractivity contribution in [3.63, 3.8) is 0 Å². The predicted molar refractivity (Wildman–Crippen MR) is 104 cm³/mol. The molecule has 0 saturated carbocycles. The summed E-state index contributed by atoms with van der Waals surface area (Å²) in [6, 6.07) is 6.43. The van der Waals surface area contributed by atoms with Gasteiger partial charge in [-0.3, -0.25) is 10.3 Å². The molecule has 1 saturated heterocycles. The highest BCUT2D eigenvalue weighted by Gasteiger charge is 2.12. The zero-order valence-electron chi connectivity index (χ0n) is 14.0. The third kappa shape index (κ3) is 7.48. The molecule has 1 aromatic carbocycles. The Labute approximate surface area is 160 Å². The highest BCUT2D eigenvalue weighted by atomic mass is 35.5. The van der Waals surface area contributed by atoms with Crippen molar-refractivity contribution >= 4 is 42.4 Å². The topological polar surface area (TPSA) is 103 Å². The number of halogens is 2. The highest BCUT2D eigenvalue weighted by molar-refractivity contribution is 5.93. The van der Waals surface area contributed by atoms with E-state index in [1.165, 1.54) is 12.1 Å². The molecule has 1 aliphatic heterocycles. The summed E-state index contributed by atoms with van der Waals surface area (Å²) in [6.45, 7) is 5.23. The number of hydrogen-bond acceptors (Lipinski definition) is 4. The summed E-state index contributed by atoms with van der Waals surface area (Å²) in [5.41, 5.74) is 6.63. The third-order valence-electron chi connectivity index (χ3n) is 3.93. The van der Waals surface area contributed by atoms with Crippen LogP contribution in [0.25, 0.3) is 0 Å². The molecule has 142 valence electrons. The zero-order chi connectivity index (χ0) is 16.7. The standard InChI is InChI=1S/C16H24N4O3.2ClH/c17-16(18)20(14-5-3-13(4-6-14)15(21)22)8-2-1-7-19-9-11-23-12-10-19;;/h3-6H,1-2,7-12H2,(H3,17,18)(H,21,22);2*1H. The second-order valence-electron chi connectivity index (χ2n) is 5.55. The maximum Gasteiger partial charge on any atom is 0.335 e. The smallest absolute Gasteiger partial charge is 0.335 e. The summed E-state index contributed by atoms with van der Waals surface area (Å²) in [7, 11) is 0. The van der Waals surface area contributed by atoms with Gasteiger partial charge in [0, 0.05) is 25.3 Å². The van der Waals surface area contributed by atoms with Crippen LogP contribution in [0.3, 0.4) is 0 Å². The normalized spacial score (nSPS) is 14.1. The first-order valence-electron chi connectivity index (χ1n) is 7.83. The van der Waals surface area contributed by atoms with Crippen LogP contribution in [0, 0.1) is 5.41 Å². The number of unbranched alkanes of at least 4 members (excludes halogenated alkanes) is 1. The Balaban J connectivity index is 0.00000288. The van der Waals surface area contributed by atoms with E-state index in [0.29, 0.717) is 6.54 Å². The maximum absolute atomic E-state index is 10.9. The number of carboxylic acid groups (broad SMARTS) is 1. The lowest BCUT2D eigenvalue weighted by atomic mass is 10.2. The van der Waals surface area contributed by atoms with Gasteiger partial charge in [-0.1, -0.05) is 0 Å². The minimum atomic E-state index is -0.962. The Morgan fingerprint density at radius 1 is 1.20 bits per heavy atom. The minimum Gasteiger partial charge on any atom is -0.478 e. The zero-order valence-corrected chi connectivity index (χ0v) is 15.7. The van der Waals surface area contributed by atoms with Crippen LogP contribution in [0.2, 0.25) is 0 Å². The van der Waals surface area contributed by atoms with Gasteiger partial charge in [-0.05, 0) is 43.7 Å². The average Bonchev–Trinajstić information content (AvgIpc) is 2.55. The minimum absolute atomic E-state index is 0. The number of hydrogen-bond donors (Lipinski definition) is 3. The number of aromatic carboxylic acids is 1. The molecule has 1 heterocycles. The Kier molecular flexibility index (Phi) is 11.2. The molecule has 0 atom stereocenters. The fourth-order valence-corrected chi connectivity index (χ4v) is 2.60. The fraction of sp³-hybridized carbons (Fsp3) is 0.500. The van der Waals surface area contributed by atoms with Crippen molar-refractivity contribution in [1.29, 1.82) is 5.41 Å². The molecule has 0 spiro atoms. The molecule has 0 radical (unpaired) electrons. The fourth-order valence-electron chi connectivity index (χ4n) is 2.60. The summed E-state index contributed by atoms with van der Waals surface area (Å²) in [5.74, 6) is -0.990. The number of benzene rings is 1. The third-order valence-corrected chi connectivity index (χ3v) is 3.93. The molecular formula is C16H26Cl2N4O3. The Morgan fingerprint density at radius 3 is 2.32 bits per heavy atom. The summed E-state index contributed by atoms with van der Waals surface area (Å²) >= 11 is 0. The number of nitrogens with one attached hydrogen (secondary N) is 1. The Morgan fingerprint density at radius 2 is 1.80 bits per heavy atom. The van der Waals surface area contributed by atoms with Crippen molar-refractivity contribution in [3.05, 3.63) is 29.8 Å². The second kappa shape index (κ2) is 11.9. The van der Waals surface area contributed by atoms with E-state index in [1.54, 1.807) is 17.0 Å². The van der Waals surface area contributed by atoms with Crippen molar-refractivity contribution < 1.29 is 14.6 Å². The summed E-state index contributed by atoms with van der Waals surface area (Å²) < 4.78 is 5.32. The number of ether oxygens (including phenoxy) is 1. The number of rotatable bonds is 7. The first-order chi connectivity index (χ1) is 11.1. The SMILES string of the molecule is Cl.Cl.N=C(N)N(CCCCN1CCOCC1)c1ccc(C(=O)O)cc1. The van der Waals surface area contributed by atoms with E-state index in [9.17, 15) is 4.79 Å². The molecule has 9 heteroatoms. The van der Waals surface area contributed by atoms with Gasteiger partial charge < -0.3 is 20.5 Å². The van der Waals surface area contributed by atoms with Crippen molar-refractivity contribution in [3.8, 4) is 0 Å². The number of nitrogens with zero attached hydrogens (tertiary/aromatic N) is 2. The lowest BCUT2D eigenvalue weighted by molar-refractivity contribution is 0.0373. The van der Waals surface area contributed by atoms with Gasteiger partial charge in [-0.25, -0.2) is 4.79 Å². The van der Waals surface area contributed by atoms with Gasteiger partial charge in [0.25, 0.3) is 0 Å². The monoisotopic (exact) mass is 392 g/mol. The number of morpholine rings is 1. The summed E-state index contributed by atoms with van der Waals surface area (Å²) in [5, 5.41) is 16.6. The van der Waals surface area contributed by atoms with E-state index in [0.717, 1.165) is 51.4 Å². The molecule has 1 aromatic rings. The predicted octanol–water partition coefficient (Wildman–Crippen LogP) is 2.04. The van der Waals surface area contributed by atoms with Crippen molar-refractivity contribution in [2.24, 2.45) is 5.73 Å². The second-order valence-corrected chi connectivity index (χ2v) is 5.55. The van der Waals surface area contributed by atoms with E-state index in [1.807, 2.05) is 0 Å². The van der Waals surface area contributed by atoms with E-state index in [-0.39, 0.29) is 36.3 Å². The van der Waals surface area contributed by atoms with Gasteiger partial charge in [0.1, 0.15) is 0 Å². The highest BCUT2D eigenvalue weighted by Crippen LogP contribution is 2.16. The summed E-state index contributed by atoms with van der Waals surface area (Å²) in [6.07, 6.45) is 1.94. The molecule has 1 fully saturated rings. The van der Waals surface area contributed by atoms with Crippen LogP contribution in [0.5, 0.6) is 0 Å². The number of nitrogens with two attached hydrogens (primary N) is 1.